The lowest BCUT2D eigenvalue weighted by Gasteiger charge is -2.30. The molecule has 2 N–H and O–H groups in total. The highest BCUT2D eigenvalue weighted by Gasteiger charge is 2.20. The second-order valence-electron chi connectivity index (χ2n) is 4.56. The van der Waals surface area contributed by atoms with Gasteiger partial charge >= 0.3 is 0 Å². The predicted molar refractivity (Wildman–Crippen MR) is 74.2 cm³/mol. The van der Waals surface area contributed by atoms with E-state index in [1.807, 2.05) is 23.1 Å². The average molecular weight is 265 g/mol. The minimum absolute atomic E-state index is 0.156. The van der Waals surface area contributed by atoms with Crippen LogP contribution < -0.4 is 5.73 Å². The van der Waals surface area contributed by atoms with Gasteiger partial charge < -0.3 is 10.6 Å². The van der Waals surface area contributed by atoms with Gasteiger partial charge in [0, 0.05) is 31.1 Å². The number of amides is 1. The molecule has 1 aliphatic rings. The van der Waals surface area contributed by atoms with E-state index in [1.165, 1.54) is 0 Å². The third-order valence-electron chi connectivity index (χ3n) is 3.01. The summed E-state index contributed by atoms with van der Waals surface area (Å²) in [5.74, 6) is 1.50. The summed E-state index contributed by atoms with van der Waals surface area (Å²) in [5, 5.41) is 0. The van der Waals surface area contributed by atoms with Gasteiger partial charge in [-0.1, -0.05) is 6.07 Å². The number of aromatic nitrogens is 1. The molecule has 1 aromatic heterocycles. The van der Waals surface area contributed by atoms with Crippen LogP contribution in [0.4, 0.5) is 0 Å². The fraction of sp³-hybridized carbons (Fsp3) is 0.538. The minimum Gasteiger partial charge on any atom is -0.340 e. The highest BCUT2D eigenvalue weighted by atomic mass is 32.2. The summed E-state index contributed by atoms with van der Waals surface area (Å²) in [4.78, 5) is 18.1. The maximum Gasteiger partial charge on any atom is 0.232 e. The Morgan fingerprint density at radius 3 is 3.17 bits per heavy atom. The first-order valence-corrected chi connectivity index (χ1v) is 7.42. The fourth-order valence-electron chi connectivity index (χ4n) is 2.05. The molecule has 1 aliphatic heterocycles. The summed E-state index contributed by atoms with van der Waals surface area (Å²) < 4.78 is 0. The van der Waals surface area contributed by atoms with Gasteiger partial charge in [0.25, 0.3) is 0 Å². The zero-order chi connectivity index (χ0) is 12.8. The number of likely N-dealkylation sites (tertiary alicyclic amines) is 1. The molecule has 1 aromatic rings. The third-order valence-corrected chi connectivity index (χ3v) is 3.96. The number of carbonyl (C=O) groups is 1. The first-order valence-electron chi connectivity index (χ1n) is 6.26. The molecule has 2 heterocycles. The van der Waals surface area contributed by atoms with Crippen LogP contribution in [0.25, 0.3) is 0 Å². The van der Waals surface area contributed by atoms with Crippen molar-refractivity contribution in [3.8, 4) is 0 Å². The van der Waals surface area contributed by atoms with Gasteiger partial charge in [0.2, 0.25) is 5.91 Å². The van der Waals surface area contributed by atoms with Crippen molar-refractivity contribution in [3.05, 3.63) is 30.1 Å². The van der Waals surface area contributed by atoms with E-state index in [4.69, 9.17) is 5.73 Å². The largest absolute Gasteiger partial charge is 0.340 e. The second kappa shape index (κ2) is 6.75. The molecular formula is C13H19N3OS. The zero-order valence-corrected chi connectivity index (χ0v) is 11.2. The molecule has 1 fully saturated rings. The normalized spacial score (nSPS) is 19.8. The number of thioether (sulfide) groups is 1. The van der Waals surface area contributed by atoms with Crippen molar-refractivity contribution < 1.29 is 4.79 Å². The van der Waals surface area contributed by atoms with Crippen LogP contribution in [0.3, 0.4) is 0 Å². The van der Waals surface area contributed by atoms with E-state index in [0.29, 0.717) is 12.3 Å². The van der Waals surface area contributed by atoms with Crippen molar-refractivity contribution in [2.75, 3.05) is 18.8 Å². The van der Waals surface area contributed by atoms with Crippen molar-refractivity contribution in [1.82, 2.24) is 9.88 Å². The van der Waals surface area contributed by atoms with E-state index in [1.54, 1.807) is 18.0 Å². The van der Waals surface area contributed by atoms with Crippen molar-refractivity contribution in [2.45, 2.75) is 24.6 Å². The number of nitrogens with two attached hydrogens (primary N) is 1. The Bertz CT molecular complexity index is 385. The minimum atomic E-state index is 0.156. The van der Waals surface area contributed by atoms with Gasteiger partial charge in [0.1, 0.15) is 0 Å². The Morgan fingerprint density at radius 2 is 2.44 bits per heavy atom. The highest BCUT2D eigenvalue weighted by molar-refractivity contribution is 7.99. The molecule has 1 saturated heterocycles. The smallest absolute Gasteiger partial charge is 0.232 e. The van der Waals surface area contributed by atoms with E-state index in [9.17, 15) is 4.79 Å². The Hall–Kier alpha value is -1.07. The van der Waals surface area contributed by atoms with Gasteiger partial charge in [-0.15, -0.1) is 11.8 Å². The molecule has 0 saturated carbocycles. The Kier molecular flexibility index (Phi) is 5.01. The zero-order valence-electron chi connectivity index (χ0n) is 10.4. The van der Waals surface area contributed by atoms with Crippen LogP contribution in [0.2, 0.25) is 0 Å². The van der Waals surface area contributed by atoms with E-state index < -0.39 is 0 Å². The van der Waals surface area contributed by atoms with Crippen LogP contribution in [0, 0.1) is 0 Å². The van der Waals surface area contributed by atoms with Gasteiger partial charge in [-0.05, 0) is 25.0 Å². The molecule has 1 amide bonds. The standard InChI is InChI=1S/C13H19N3OS/c14-11-4-3-7-16(8-11)13(17)10-18-9-12-5-1-2-6-15-12/h1-2,5-6,11H,3-4,7-10,14H2. The van der Waals surface area contributed by atoms with Gasteiger partial charge in [-0.25, -0.2) is 0 Å². The lowest BCUT2D eigenvalue weighted by Crippen LogP contribution is -2.46. The highest BCUT2D eigenvalue weighted by Crippen LogP contribution is 2.13. The molecule has 0 aromatic carbocycles. The van der Waals surface area contributed by atoms with E-state index in [-0.39, 0.29) is 11.9 Å². The topological polar surface area (TPSA) is 59.2 Å². The average Bonchev–Trinajstić information content (AvgIpc) is 2.40. The molecule has 2 rings (SSSR count). The van der Waals surface area contributed by atoms with Gasteiger partial charge in [-0.3, -0.25) is 9.78 Å². The molecule has 0 spiro atoms. The van der Waals surface area contributed by atoms with Gasteiger partial charge in [0.15, 0.2) is 0 Å². The summed E-state index contributed by atoms with van der Waals surface area (Å²) in [6.45, 7) is 1.57. The van der Waals surface area contributed by atoms with E-state index in [2.05, 4.69) is 4.98 Å². The number of carbonyl (C=O) groups excluding carboxylic acids is 1. The monoisotopic (exact) mass is 265 g/mol. The Morgan fingerprint density at radius 1 is 1.56 bits per heavy atom. The Labute approximate surface area is 112 Å². The lowest BCUT2D eigenvalue weighted by atomic mass is 10.1. The predicted octanol–water partition coefficient (Wildman–Crippen LogP) is 1.26. The van der Waals surface area contributed by atoms with Crippen LogP contribution >= 0.6 is 11.8 Å². The second-order valence-corrected chi connectivity index (χ2v) is 5.54. The number of nitrogens with zero attached hydrogens (tertiary/aromatic N) is 2. The van der Waals surface area contributed by atoms with Crippen LogP contribution in [-0.2, 0) is 10.5 Å². The lowest BCUT2D eigenvalue weighted by molar-refractivity contribution is -0.129. The summed E-state index contributed by atoms with van der Waals surface area (Å²) >= 11 is 1.61. The van der Waals surface area contributed by atoms with E-state index >= 15 is 0 Å². The number of hydrogen-bond acceptors (Lipinski definition) is 4. The molecule has 0 aliphatic carbocycles. The summed E-state index contributed by atoms with van der Waals surface area (Å²) in [7, 11) is 0. The molecule has 4 nitrogen and oxygen atoms in total. The SMILES string of the molecule is NC1CCCN(C(=O)CSCc2ccccn2)C1. The van der Waals surface area contributed by atoms with Crippen molar-refractivity contribution >= 4 is 17.7 Å². The number of piperidine rings is 1. The first kappa shape index (κ1) is 13.4. The van der Waals surface area contributed by atoms with Crippen LogP contribution in [0.15, 0.2) is 24.4 Å². The fourth-order valence-corrected chi connectivity index (χ4v) is 2.89. The summed E-state index contributed by atoms with van der Waals surface area (Å²) in [6, 6.07) is 6.00. The number of hydrogen-bond donors (Lipinski definition) is 1. The van der Waals surface area contributed by atoms with Crippen molar-refractivity contribution in [3.63, 3.8) is 0 Å². The van der Waals surface area contributed by atoms with Crippen LogP contribution in [0.5, 0.6) is 0 Å². The molecule has 1 unspecified atom stereocenters. The van der Waals surface area contributed by atoms with E-state index in [0.717, 1.165) is 30.8 Å². The summed E-state index contributed by atoms with van der Waals surface area (Å²) in [6.07, 6.45) is 3.84. The Balaban J connectivity index is 1.71. The van der Waals surface area contributed by atoms with Gasteiger partial charge in [0.05, 0.1) is 11.4 Å². The molecule has 98 valence electrons. The van der Waals surface area contributed by atoms with Gasteiger partial charge in [-0.2, -0.15) is 0 Å². The van der Waals surface area contributed by atoms with Crippen LogP contribution in [0.1, 0.15) is 18.5 Å². The van der Waals surface area contributed by atoms with Crippen molar-refractivity contribution in [1.29, 1.82) is 0 Å². The summed E-state index contributed by atoms with van der Waals surface area (Å²) in [5.41, 5.74) is 6.89. The maximum absolute atomic E-state index is 12.0. The molecule has 1 atom stereocenters. The van der Waals surface area contributed by atoms with Crippen LogP contribution in [-0.4, -0.2) is 40.7 Å². The quantitative estimate of drug-likeness (QED) is 0.890. The molecule has 0 bridgehead atoms. The molecule has 18 heavy (non-hydrogen) atoms. The molecule has 0 radical (unpaired) electrons. The van der Waals surface area contributed by atoms with Crippen molar-refractivity contribution in [2.24, 2.45) is 5.73 Å². The number of rotatable bonds is 4. The molecule has 5 heteroatoms. The molecular weight excluding hydrogens is 246 g/mol. The maximum atomic E-state index is 12.0. The first-order chi connectivity index (χ1) is 8.75. The third kappa shape index (κ3) is 3.99. The number of pyridine rings is 1.